The number of aliphatic hydroxyl groups is 2. The Morgan fingerprint density at radius 3 is 2.48 bits per heavy atom. The van der Waals surface area contributed by atoms with E-state index in [9.17, 15) is 19.6 Å². The number of anilines is 1. The van der Waals surface area contributed by atoms with E-state index in [1.54, 1.807) is 0 Å². The summed E-state index contributed by atoms with van der Waals surface area (Å²) < 4.78 is 20.9. The van der Waals surface area contributed by atoms with Crippen molar-refractivity contribution in [1.82, 2.24) is 9.55 Å². The molecule has 4 atom stereocenters. The predicted octanol–water partition coefficient (Wildman–Crippen LogP) is -3.21. The van der Waals surface area contributed by atoms with Crippen molar-refractivity contribution in [3.05, 3.63) is 22.7 Å². The van der Waals surface area contributed by atoms with Gasteiger partial charge in [0.2, 0.25) is 0 Å². The molecule has 2 heterocycles. The van der Waals surface area contributed by atoms with Crippen molar-refractivity contribution in [3.8, 4) is 0 Å². The van der Waals surface area contributed by atoms with Gasteiger partial charge in [-0.1, -0.05) is 0 Å². The van der Waals surface area contributed by atoms with Gasteiger partial charge in [-0.3, -0.25) is 9.09 Å². The zero-order chi connectivity index (χ0) is 15.8. The Morgan fingerprint density at radius 2 is 1.96 bits per heavy atom. The average molecular weight is 401 g/mol. The van der Waals surface area contributed by atoms with E-state index in [1.807, 2.05) is 0 Å². The van der Waals surface area contributed by atoms with Crippen LogP contribution in [-0.4, -0.2) is 157 Å². The van der Waals surface area contributed by atoms with Crippen LogP contribution in [0.3, 0.4) is 0 Å². The second kappa shape index (κ2) is 10.3. The van der Waals surface area contributed by atoms with Crippen LogP contribution in [0.15, 0.2) is 17.1 Å². The minimum absolute atomic E-state index is 0. The van der Waals surface area contributed by atoms with Crippen molar-refractivity contribution in [1.29, 1.82) is 0 Å². The van der Waals surface area contributed by atoms with Crippen molar-refractivity contribution in [2.45, 2.75) is 24.5 Å². The summed E-state index contributed by atoms with van der Waals surface area (Å²) in [5.74, 6) is -0.0225. The molecule has 11 nitrogen and oxygen atoms in total. The number of phosphoric ester groups is 1. The molecule has 1 aliphatic heterocycles. The van der Waals surface area contributed by atoms with Gasteiger partial charge in [0.25, 0.3) is 0 Å². The molecule has 0 amide bonds. The smallest absolute Gasteiger partial charge is 0.387 e. The van der Waals surface area contributed by atoms with Crippen LogP contribution in [0.1, 0.15) is 6.23 Å². The number of rotatable bonds is 4. The molecule has 1 aromatic rings. The van der Waals surface area contributed by atoms with Crippen LogP contribution in [0.4, 0.5) is 5.82 Å². The number of aromatic nitrogens is 2. The monoisotopic (exact) mass is 401 g/mol. The Morgan fingerprint density at radius 1 is 1.35 bits per heavy atom. The van der Waals surface area contributed by atoms with Crippen LogP contribution >= 0.6 is 7.82 Å². The summed E-state index contributed by atoms with van der Waals surface area (Å²) in [5.41, 5.74) is 4.52. The van der Waals surface area contributed by atoms with Crippen molar-refractivity contribution >= 4 is 116 Å². The first-order valence-electron chi connectivity index (χ1n) is 5.75. The summed E-state index contributed by atoms with van der Waals surface area (Å²) in [6.07, 6.45) is -4.27. The number of nitrogens with zero attached hydrogens (tertiary/aromatic N) is 2. The Bertz CT molecular complexity index is 625. The summed E-state index contributed by atoms with van der Waals surface area (Å²) in [4.78, 5) is 32.3. The molecule has 14 heteroatoms. The van der Waals surface area contributed by atoms with E-state index in [1.165, 1.54) is 12.3 Å². The molecule has 0 aliphatic carbocycles. The van der Waals surface area contributed by atoms with Gasteiger partial charge in [0.05, 0.1) is 6.61 Å². The number of phosphoric acid groups is 1. The standard InChI is InChI=1S/C9H14N3O8P.2K/c10-5-1-2-12(9(15)11-5)8-7(14)6(13)4(20-8)3-19-21(16,17)18;;/h1-2,4,6-8,13-14H,3H2,(H2,10,11,15)(H2,16,17,18);;/t4-,6-,7-,8-;;/m1../s1. The second-order valence-corrected chi connectivity index (χ2v) is 5.61. The van der Waals surface area contributed by atoms with E-state index in [0.717, 1.165) is 4.57 Å². The normalized spacial score (nSPS) is 27.1. The van der Waals surface area contributed by atoms with Crippen molar-refractivity contribution in [2.75, 3.05) is 12.3 Å². The molecule has 1 aliphatic rings. The number of aliphatic hydroxyl groups excluding tert-OH is 2. The van der Waals surface area contributed by atoms with Crippen LogP contribution in [-0.2, 0) is 13.8 Å². The molecule has 120 valence electrons. The summed E-state index contributed by atoms with van der Waals surface area (Å²) in [6.45, 7) is -0.657. The average Bonchev–Trinajstić information content (AvgIpc) is 2.64. The quantitative estimate of drug-likeness (QED) is 0.255. The third kappa shape index (κ3) is 6.88. The molecule has 1 fully saturated rings. The van der Waals surface area contributed by atoms with Gasteiger partial charge in [-0.05, 0) is 6.07 Å². The molecular formula is C9H14K2N3O8P. The minimum atomic E-state index is -4.74. The van der Waals surface area contributed by atoms with Crippen molar-refractivity contribution < 1.29 is 33.8 Å². The van der Waals surface area contributed by atoms with Crippen LogP contribution in [0.25, 0.3) is 0 Å². The van der Waals surface area contributed by atoms with E-state index in [4.69, 9.17) is 20.3 Å². The zero-order valence-corrected chi connectivity index (χ0v) is 19.7. The van der Waals surface area contributed by atoms with Crippen LogP contribution in [0, 0.1) is 0 Å². The number of nitrogens with two attached hydrogens (primary N) is 1. The molecule has 0 saturated carbocycles. The maximum atomic E-state index is 11.6. The van der Waals surface area contributed by atoms with E-state index in [-0.39, 0.29) is 109 Å². The molecular weight excluding hydrogens is 387 g/mol. The molecule has 6 N–H and O–H groups in total. The van der Waals surface area contributed by atoms with Gasteiger partial charge in [0.1, 0.15) is 24.1 Å². The third-order valence-electron chi connectivity index (χ3n) is 2.87. The van der Waals surface area contributed by atoms with Gasteiger partial charge in [0.15, 0.2) is 6.23 Å². The summed E-state index contributed by atoms with van der Waals surface area (Å²) in [7, 11) is -4.74. The van der Waals surface area contributed by atoms with E-state index in [0.29, 0.717) is 0 Å². The predicted molar refractivity (Wildman–Crippen MR) is 78.3 cm³/mol. The van der Waals surface area contributed by atoms with Gasteiger partial charge in [0, 0.05) is 109 Å². The first kappa shape index (κ1) is 24.9. The van der Waals surface area contributed by atoms with Gasteiger partial charge in [-0.15, -0.1) is 0 Å². The number of hydrogen-bond donors (Lipinski definition) is 5. The number of hydrogen-bond acceptors (Lipinski definition) is 8. The molecule has 1 saturated heterocycles. The zero-order valence-electron chi connectivity index (χ0n) is 12.5. The fourth-order valence-corrected chi connectivity index (χ4v) is 2.23. The second-order valence-electron chi connectivity index (χ2n) is 4.37. The van der Waals surface area contributed by atoms with Gasteiger partial charge in [-0.2, -0.15) is 4.98 Å². The first-order valence-corrected chi connectivity index (χ1v) is 7.28. The molecule has 1 aromatic heterocycles. The van der Waals surface area contributed by atoms with E-state index in [2.05, 4.69) is 9.51 Å². The summed E-state index contributed by atoms with van der Waals surface area (Å²) in [6, 6.07) is 1.29. The van der Waals surface area contributed by atoms with Gasteiger partial charge >= 0.3 is 13.5 Å². The van der Waals surface area contributed by atoms with E-state index >= 15 is 0 Å². The molecule has 0 aromatic carbocycles. The van der Waals surface area contributed by atoms with Crippen LogP contribution in [0.5, 0.6) is 0 Å². The summed E-state index contributed by atoms with van der Waals surface area (Å²) >= 11 is 0. The van der Waals surface area contributed by atoms with Gasteiger partial charge < -0.3 is 30.5 Å². The number of ether oxygens (including phenoxy) is 1. The Balaban J connectivity index is 0.00000242. The fourth-order valence-electron chi connectivity index (χ4n) is 1.89. The Kier molecular flexibility index (Phi) is 11.2. The maximum absolute atomic E-state index is 11.6. The largest absolute Gasteiger partial charge is 0.469 e. The topological polar surface area (TPSA) is 177 Å². The van der Waals surface area contributed by atoms with Crippen molar-refractivity contribution in [3.63, 3.8) is 0 Å². The molecule has 0 bridgehead atoms. The molecule has 23 heavy (non-hydrogen) atoms. The van der Waals surface area contributed by atoms with E-state index < -0.39 is 44.7 Å². The van der Waals surface area contributed by atoms with Crippen molar-refractivity contribution in [2.24, 2.45) is 0 Å². The summed E-state index contributed by atoms with van der Waals surface area (Å²) in [5, 5.41) is 19.6. The minimum Gasteiger partial charge on any atom is -0.387 e. The Labute approximate surface area is 215 Å². The molecule has 2 radical (unpaired) electrons. The van der Waals surface area contributed by atoms with Gasteiger partial charge in [-0.25, -0.2) is 9.36 Å². The molecule has 0 unspecified atom stereocenters. The maximum Gasteiger partial charge on any atom is 0.469 e. The fraction of sp³-hybridized carbons (Fsp3) is 0.556. The van der Waals surface area contributed by atoms with Crippen LogP contribution < -0.4 is 11.4 Å². The number of nitrogen functional groups attached to an aromatic ring is 1. The first-order chi connectivity index (χ1) is 9.69. The Hall–Kier alpha value is 1.94. The van der Waals surface area contributed by atoms with Crippen LogP contribution in [0.2, 0.25) is 0 Å². The SMILES string of the molecule is Nc1ccn([C@@H]2O[C@H](COP(=O)(O)O)[C@@H](O)[C@H]2O)c(=O)n1.[K].[K]. The molecule has 0 spiro atoms. The molecule has 2 rings (SSSR count). The third-order valence-corrected chi connectivity index (χ3v) is 3.36.